The highest BCUT2D eigenvalue weighted by Crippen LogP contribution is 2.33. The molecule has 2 amide bonds. The minimum atomic E-state index is -0.410. The molecule has 0 aliphatic carbocycles. The highest BCUT2D eigenvalue weighted by atomic mass is 35.5. The van der Waals surface area contributed by atoms with Crippen LogP contribution in [0.25, 0.3) is 6.08 Å². The number of benzene rings is 3. The van der Waals surface area contributed by atoms with Crippen LogP contribution in [0.5, 0.6) is 5.75 Å². The van der Waals surface area contributed by atoms with E-state index in [1.165, 1.54) is 0 Å². The van der Waals surface area contributed by atoms with Gasteiger partial charge in [0.15, 0.2) is 11.5 Å². The molecular formula is C24H18Cl2N2O3. The van der Waals surface area contributed by atoms with Crippen molar-refractivity contribution in [3.63, 3.8) is 0 Å². The van der Waals surface area contributed by atoms with Crippen molar-refractivity contribution < 1.29 is 14.3 Å². The Kier molecular flexibility index (Phi) is 6.26. The van der Waals surface area contributed by atoms with Gasteiger partial charge in [-0.1, -0.05) is 53.5 Å². The Hall–Kier alpha value is -3.28. The first kappa shape index (κ1) is 21.0. The number of rotatable bonds is 5. The van der Waals surface area contributed by atoms with Gasteiger partial charge in [-0.25, -0.2) is 0 Å². The molecule has 0 unspecified atom stereocenters. The van der Waals surface area contributed by atoms with Gasteiger partial charge in [-0.3, -0.25) is 9.59 Å². The van der Waals surface area contributed by atoms with Crippen LogP contribution < -0.4 is 15.4 Å². The predicted molar refractivity (Wildman–Crippen MR) is 123 cm³/mol. The third-order valence-electron chi connectivity index (χ3n) is 4.74. The lowest BCUT2D eigenvalue weighted by Crippen LogP contribution is -2.27. The molecule has 0 saturated carbocycles. The lowest BCUT2D eigenvalue weighted by molar-refractivity contribution is -0.115. The molecule has 0 atom stereocenters. The molecule has 0 saturated heterocycles. The molecule has 0 fully saturated rings. The number of carbonyl (C=O) groups excluding carboxylic acids is 2. The first-order valence-electron chi connectivity index (χ1n) is 9.62. The lowest BCUT2D eigenvalue weighted by Gasteiger charge is -2.20. The number of hydrogen-bond acceptors (Lipinski definition) is 3. The van der Waals surface area contributed by atoms with Gasteiger partial charge in [-0.05, 0) is 60.0 Å². The summed E-state index contributed by atoms with van der Waals surface area (Å²) in [6.45, 7) is 0.477. The fourth-order valence-corrected chi connectivity index (χ4v) is 3.42. The monoisotopic (exact) mass is 452 g/mol. The van der Waals surface area contributed by atoms with Crippen molar-refractivity contribution >= 4 is 46.8 Å². The van der Waals surface area contributed by atoms with Crippen LogP contribution in [0, 0.1) is 0 Å². The first-order valence-corrected chi connectivity index (χ1v) is 10.4. The van der Waals surface area contributed by atoms with E-state index < -0.39 is 5.91 Å². The third-order valence-corrected chi connectivity index (χ3v) is 5.33. The number of hydrogen-bond donors (Lipinski definition) is 2. The van der Waals surface area contributed by atoms with Crippen molar-refractivity contribution in [1.82, 2.24) is 5.32 Å². The van der Waals surface area contributed by atoms with Crippen molar-refractivity contribution in [3.05, 3.63) is 99.2 Å². The van der Waals surface area contributed by atoms with Gasteiger partial charge in [-0.15, -0.1) is 0 Å². The molecular weight excluding hydrogens is 435 g/mol. The second kappa shape index (κ2) is 9.25. The number of ether oxygens (including phenoxy) is 1. The van der Waals surface area contributed by atoms with E-state index in [0.29, 0.717) is 45.6 Å². The van der Waals surface area contributed by atoms with Crippen LogP contribution in [0.4, 0.5) is 5.69 Å². The van der Waals surface area contributed by atoms with Crippen LogP contribution in [0.2, 0.25) is 10.0 Å². The summed E-state index contributed by atoms with van der Waals surface area (Å²) >= 11 is 12.0. The quantitative estimate of drug-likeness (QED) is 0.513. The molecule has 2 N–H and O–H groups in total. The zero-order valence-corrected chi connectivity index (χ0v) is 17.8. The molecule has 156 valence electrons. The molecule has 4 rings (SSSR count). The predicted octanol–water partition coefficient (Wildman–Crippen LogP) is 5.34. The molecule has 7 heteroatoms. The SMILES string of the molecule is O=C1Nc2cc(C(=O)NCCc3ccc(Cl)cc3)ccc2OC1=Cc1ccccc1Cl. The normalized spacial score (nSPS) is 13.9. The van der Waals surface area contributed by atoms with Crippen molar-refractivity contribution in [2.45, 2.75) is 6.42 Å². The summed E-state index contributed by atoms with van der Waals surface area (Å²) < 4.78 is 5.73. The Labute approximate surface area is 189 Å². The molecule has 0 spiro atoms. The Morgan fingerprint density at radius 1 is 1.03 bits per heavy atom. The Morgan fingerprint density at radius 3 is 2.58 bits per heavy atom. The number of amides is 2. The summed E-state index contributed by atoms with van der Waals surface area (Å²) in [5, 5.41) is 6.83. The molecule has 0 radical (unpaired) electrons. The zero-order valence-electron chi connectivity index (χ0n) is 16.3. The Morgan fingerprint density at radius 2 is 1.81 bits per heavy atom. The van der Waals surface area contributed by atoms with Crippen molar-refractivity contribution in [2.75, 3.05) is 11.9 Å². The summed E-state index contributed by atoms with van der Waals surface area (Å²) in [4.78, 5) is 24.9. The number of nitrogens with one attached hydrogen (secondary N) is 2. The van der Waals surface area contributed by atoms with Gasteiger partial charge < -0.3 is 15.4 Å². The third kappa shape index (κ3) is 5.08. The van der Waals surface area contributed by atoms with Gasteiger partial charge in [-0.2, -0.15) is 0 Å². The smallest absolute Gasteiger partial charge is 0.291 e. The number of fused-ring (bicyclic) bond motifs is 1. The molecule has 1 aliphatic rings. The maximum atomic E-state index is 12.5. The van der Waals surface area contributed by atoms with Gasteiger partial charge in [0, 0.05) is 22.2 Å². The first-order chi connectivity index (χ1) is 15.0. The van der Waals surface area contributed by atoms with E-state index in [9.17, 15) is 9.59 Å². The molecule has 1 heterocycles. The van der Waals surface area contributed by atoms with E-state index in [1.807, 2.05) is 36.4 Å². The fraction of sp³-hybridized carbons (Fsp3) is 0.0833. The van der Waals surface area contributed by atoms with Crippen LogP contribution in [-0.2, 0) is 11.2 Å². The largest absolute Gasteiger partial charge is 0.449 e. The molecule has 3 aromatic carbocycles. The number of anilines is 1. The lowest BCUT2D eigenvalue weighted by atomic mass is 10.1. The van der Waals surface area contributed by atoms with Gasteiger partial charge >= 0.3 is 0 Å². The summed E-state index contributed by atoms with van der Waals surface area (Å²) in [7, 11) is 0. The maximum absolute atomic E-state index is 12.5. The molecule has 31 heavy (non-hydrogen) atoms. The van der Waals surface area contributed by atoms with E-state index in [4.69, 9.17) is 27.9 Å². The van der Waals surface area contributed by atoms with Gasteiger partial charge in [0.2, 0.25) is 0 Å². The van der Waals surface area contributed by atoms with E-state index in [2.05, 4.69) is 10.6 Å². The molecule has 1 aliphatic heterocycles. The van der Waals surface area contributed by atoms with E-state index in [0.717, 1.165) is 5.56 Å². The topological polar surface area (TPSA) is 67.4 Å². The number of carbonyl (C=O) groups is 2. The van der Waals surface area contributed by atoms with Crippen molar-refractivity contribution in [3.8, 4) is 5.75 Å². The average molecular weight is 453 g/mol. The molecule has 0 bridgehead atoms. The molecule has 0 aromatic heterocycles. The Bertz CT molecular complexity index is 1170. The summed E-state index contributed by atoms with van der Waals surface area (Å²) in [5.41, 5.74) is 2.62. The minimum absolute atomic E-state index is 0.126. The Balaban J connectivity index is 1.42. The van der Waals surface area contributed by atoms with E-state index in [-0.39, 0.29) is 11.7 Å². The standard InChI is InChI=1S/C24H18Cl2N2O3/c25-18-8-5-15(6-9-18)11-12-27-23(29)17-7-10-21-20(13-17)28-24(30)22(31-21)14-16-3-1-2-4-19(16)26/h1-10,13-14H,11-12H2,(H,27,29)(H,28,30). The van der Waals surface area contributed by atoms with Crippen LogP contribution >= 0.6 is 23.2 Å². The van der Waals surface area contributed by atoms with Crippen LogP contribution in [0.1, 0.15) is 21.5 Å². The fourth-order valence-electron chi connectivity index (χ4n) is 3.11. The van der Waals surface area contributed by atoms with E-state index >= 15 is 0 Å². The zero-order chi connectivity index (χ0) is 21.8. The highest BCUT2D eigenvalue weighted by Gasteiger charge is 2.23. The summed E-state index contributed by atoms with van der Waals surface area (Å²) in [6, 6.07) is 19.6. The van der Waals surface area contributed by atoms with Crippen LogP contribution in [-0.4, -0.2) is 18.4 Å². The summed E-state index contributed by atoms with van der Waals surface area (Å²) in [6.07, 6.45) is 2.27. The minimum Gasteiger partial charge on any atom is -0.449 e. The van der Waals surface area contributed by atoms with Gasteiger partial charge in [0.05, 0.1) is 5.69 Å². The molecule has 3 aromatic rings. The highest BCUT2D eigenvalue weighted by molar-refractivity contribution is 6.32. The average Bonchev–Trinajstić information content (AvgIpc) is 2.76. The second-order valence-corrected chi connectivity index (χ2v) is 7.77. The van der Waals surface area contributed by atoms with Crippen LogP contribution in [0.3, 0.4) is 0 Å². The summed E-state index contributed by atoms with van der Waals surface area (Å²) in [5.74, 6) is -0.0625. The van der Waals surface area contributed by atoms with Crippen LogP contribution in [0.15, 0.2) is 72.5 Å². The maximum Gasteiger partial charge on any atom is 0.291 e. The molecule has 5 nitrogen and oxygen atoms in total. The van der Waals surface area contributed by atoms with Crippen molar-refractivity contribution in [2.24, 2.45) is 0 Å². The second-order valence-electron chi connectivity index (χ2n) is 6.93. The van der Waals surface area contributed by atoms with Gasteiger partial charge in [0.25, 0.3) is 11.8 Å². The van der Waals surface area contributed by atoms with Crippen molar-refractivity contribution in [1.29, 1.82) is 0 Å². The number of halogens is 2. The van der Waals surface area contributed by atoms with Gasteiger partial charge in [0.1, 0.15) is 0 Å². The van der Waals surface area contributed by atoms with E-state index in [1.54, 1.807) is 36.4 Å².